The molecule has 2 rings (SSSR count). The Hall–Kier alpha value is -2.72. The van der Waals surface area contributed by atoms with Gasteiger partial charge in [-0.1, -0.05) is 19.1 Å². The topological polar surface area (TPSA) is 118 Å². The molecule has 2 aromatic carbocycles. The van der Waals surface area contributed by atoms with Gasteiger partial charge in [0.25, 0.3) is 5.91 Å². The fourth-order valence-electron chi connectivity index (χ4n) is 2.97. The van der Waals surface area contributed by atoms with Crippen LogP contribution in [0, 0.1) is 0 Å². The van der Waals surface area contributed by atoms with E-state index in [4.69, 9.17) is 0 Å². The van der Waals surface area contributed by atoms with Gasteiger partial charge >= 0.3 is 0 Å². The third-order valence-corrected chi connectivity index (χ3v) is 7.98. The SMILES string of the molecule is CCC(=O)CCCCS(=O)(=O)c1ccc(NC(=O)c2ccccc2N(C)S(C)(=O)=O)cc1. The average molecular weight is 481 g/mol. The number of anilines is 2. The third-order valence-electron chi connectivity index (χ3n) is 4.97. The first-order valence-electron chi connectivity index (χ1n) is 10.1. The first kappa shape index (κ1) is 25.5. The lowest BCUT2D eigenvalue weighted by atomic mass is 10.1. The Balaban J connectivity index is 2.09. The summed E-state index contributed by atoms with van der Waals surface area (Å²) in [6.07, 6.45) is 2.81. The molecule has 0 bridgehead atoms. The Labute approximate surface area is 189 Å². The van der Waals surface area contributed by atoms with Gasteiger partial charge in [0.15, 0.2) is 9.84 Å². The minimum atomic E-state index is -3.55. The summed E-state index contributed by atoms with van der Waals surface area (Å²) in [7, 11) is -5.69. The van der Waals surface area contributed by atoms with Crippen LogP contribution in [0.3, 0.4) is 0 Å². The summed E-state index contributed by atoms with van der Waals surface area (Å²) in [4.78, 5) is 24.2. The van der Waals surface area contributed by atoms with Crippen molar-refractivity contribution >= 4 is 42.9 Å². The zero-order chi connectivity index (χ0) is 23.9. The molecule has 0 aliphatic rings. The number of Topliss-reactive ketones (excluding diaryl/α,β-unsaturated/α-hetero) is 1. The highest BCUT2D eigenvalue weighted by Gasteiger charge is 2.20. The van der Waals surface area contributed by atoms with Gasteiger partial charge in [-0.25, -0.2) is 16.8 Å². The number of carbonyl (C=O) groups is 2. The van der Waals surface area contributed by atoms with Gasteiger partial charge in [-0.3, -0.25) is 13.9 Å². The van der Waals surface area contributed by atoms with E-state index in [1.807, 2.05) is 0 Å². The lowest BCUT2D eigenvalue weighted by Crippen LogP contribution is -2.27. The highest BCUT2D eigenvalue weighted by atomic mass is 32.2. The number of sulfone groups is 1. The van der Waals surface area contributed by atoms with Crippen LogP contribution >= 0.6 is 0 Å². The molecule has 2 aromatic rings. The summed E-state index contributed by atoms with van der Waals surface area (Å²) < 4.78 is 49.7. The number of amides is 1. The summed E-state index contributed by atoms with van der Waals surface area (Å²) in [6.45, 7) is 1.78. The number of ketones is 1. The molecule has 10 heteroatoms. The van der Waals surface area contributed by atoms with Crippen LogP contribution in [0.5, 0.6) is 0 Å². The molecular formula is C22H28N2O6S2. The van der Waals surface area contributed by atoms with Gasteiger partial charge in [0.2, 0.25) is 10.0 Å². The molecule has 0 saturated carbocycles. The second-order valence-electron chi connectivity index (χ2n) is 7.39. The van der Waals surface area contributed by atoms with Gasteiger partial charge in [-0.05, 0) is 49.2 Å². The summed E-state index contributed by atoms with van der Waals surface area (Å²) in [5, 5.41) is 2.66. The predicted octanol–water partition coefficient (Wildman–Crippen LogP) is 3.26. The molecule has 1 N–H and O–H groups in total. The second kappa shape index (κ2) is 10.7. The maximum Gasteiger partial charge on any atom is 0.257 e. The number of hydrogen-bond donors (Lipinski definition) is 1. The van der Waals surface area contributed by atoms with E-state index in [1.54, 1.807) is 19.1 Å². The Morgan fingerprint density at radius 2 is 1.56 bits per heavy atom. The van der Waals surface area contributed by atoms with E-state index in [2.05, 4.69) is 5.32 Å². The van der Waals surface area contributed by atoms with Crippen LogP contribution in [-0.4, -0.2) is 47.6 Å². The Morgan fingerprint density at radius 1 is 0.938 bits per heavy atom. The molecule has 32 heavy (non-hydrogen) atoms. The predicted molar refractivity (Wildman–Crippen MR) is 125 cm³/mol. The largest absolute Gasteiger partial charge is 0.322 e. The average Bonchev–Trinajstić information content (AvgIpc) is 2.75. The van der Waals surface area contributed by atoms with E-state index in [0.29, 0.717) is 31.4 Å². The van der Waals surface area contributed by atoms with Gasteiger partial charge in [-0.15, -0.1) is 0 Å². The number of carbonyl (C=O) groups excluding carboxylic acids is 2. The van der Waals surface area contributed by atoms with Crippen molar-refractivity contribution in [2.45, 2.75) is 37.5 Å². The van der Waals surface area contributed by atoms with Crippen LogP contribution < -0.4 is 9.62 Å². The molecule has 8 nitrogen and oxygen atoms in total. The van der Waals surface area contributed by atoms with Gasteiger partial charge < -0.3 is 5.32 Å². The zero-order valence-electron chi connectivity index (χ0n) is 18.4. The standard InChI is InChI=1S/C22H28N2O6S2/c1-4-18(25)9-7-8-16-32(29,30)19-14-12-17(13-15-19)23-22(26)20-10-5-6-11-21(20)24(2)31(3,27)28/h5-6,10-15H,4,7-9,16H2,1-3H3,(H,23,26). The molecule has 0 unspecified atom stereocenters. The molecule has 0 aliphatic heterocycles. The van der Waals surface area contributed by atoms with Crippen LogP contribution in [-0.2, 0) is 24.7 Å². The normalized spacial score (nSPS) is 11.7. The van der Waals surface area contributed by atoms with Crippen LogP contribution in [0.2, 0.25) is 0 Å². The molecule has 174 valence electrons. The molecule has 1 amide bonds. The van der Waals surface area contributed by atoms with Crippen molar-refractivity contribution in [2.75, 3.05) is 28.7 Å². The maximum atomic E-state index is 12.7. The number of nitrogens with zero attached hydrogens (tertiary/aromatic N) is 1. The number of para-hydroxylation sites is 1. The Morgan fingerprint density at radius 3 is 2.16 bits per heavy atom. The van der Waals surface area contributed by atoms with Crippen molar-refractivity contribution in [2.24, 2.45) is 0 Å². The number of hydrogen-bond acceptors (Lipinski definition) is 6. The van der Waals surface area contributed by atoms with Crippen molar-refractivity contribution < 1.29 is 26.4 Å². The van der Waals surface area contributed by atoms with Crippen molar-refractivity contribution in [3.63, 3.8) is 0 Å². The van der Waals surface area contributed by atoms with Crippen molar-refractivity contribution in [1.29, 1.82) is 0 Å². The van der Waals surface area contributed by atoms with Crippen LogP contribution in [0.4, 0.5) is 11.4 Å². The van der Waals surface area contributed by atoms with E-state index < -0.39 is 25.8 Å². The minimum absolute atomic E-state index is 0.0547. The smallest absolute Gasteiger partial charge is 0.257 e. The minimum Gasteiger partial charge on any atom is -0.322 e. The Bertz CT molecular complexity index is 1170. The van der Waals surface area contributed by atoms with Crippen LogP contribution in [0.25, 0.3) is 0 Å². The molecule has 0 aromatic heterocycles. The molecule has 0 radical (unpaired) electrons. The number of sulfonamides is 1. The van der Waals surface area contributed by atoms with Crippen LogP contribution in [0.1, 0.15) is 43.0 Å². The summed E-state index contributed by atoms with van der Waals surface area (Å²) in [6, 6.07) is 12.1. The summed E-state index contributed by atoms with van der Waals surface area (Å²) in [5.74, 6) is -0.458. The molecule has 0 fully saturated rings. The zero-order valence-corrected chi connectivity index (χ0v) is 20.0. The Kier molecular flexibility index (Phi) is 8.57. The molecule has 0 saturated heterocycles. The highest BCUT2D eigenvalue weighted by molar-refractivity contribution is 7.92. The lowest BCUT2D eigenvalue weighted by Gasteiger charge is -2.19. The first-order valence-corrected chi connectivity index (χ1v) is 13.6. The summed E-state index contributed by atoms with van der Waals surface area (Å²) in [5.41, 5.74) is 0.770. The number of unbranched alkanes of at least 4 members (excludes halogenated alkanes) is 1. The monoisotopic (exact) mass is 480 g/mol. The van der Waals surface area contributed by atoms with Crippen molar-refractivity contribution in [3.05, 3.63) is 54.1 Å². The molecule has 0 spiro atoms. The fraction of sp³-hybridized carbons (Fsp3) is 0.364. The number of nitrogens with one attached hydrogen (secondary N) is 1. The number of benzene rings is 2. The third kappa shape index (κ3) is 6.89. The van der Waals surface area contributed by atoms with Gasteiger partial charge in [-0.2, -0.15) is 0 Å². The first-order chi connectivity index (χ1) is 15.0. The molecule has 0 atom stereocenters. The summed E-state index contributed by atoms with van der Waals surface area (Å²) >= 11 is 0. The van der Waals surface area contributed by atoms with E-state index in [-0.39, 0.29) is 27.7 Å². The van der Waals surface area contributed by atoms with E-state index >= 15 is 0 Å². The van der Waals surface area contributed by atoms with E-state index in [1.165, 1.54) is 43.4 Å². The highest BCUT2D eigenvalue weighted by Crippen LogP contribution is 2.23. The molecular weight excluding hydrogens is 452 g/mol. The fourth-order valence-corrected chi connectivity index (χ4v) is 4.86. The van der Waals surface area contributed by atoms with Gasteiger partial charge in [0, 0.05) is 25.6 Å². The van der Waals surface area contributed by atoms with Crippen molar-refractivity contribution in [3.8, 4) is 0 Å². The number of rotatable bonds is 11. The second-order valence-corrected chi connectivity index (χ2v) is 11.5. The van der Waals surface area contributed by atoms with Crippen molar-refractivity contribution in [1.82, 2.24) is 0 Å². The van der Waals surface area contributed by atoms with Crippen LogP contribution in [0.15, 0.2) is 53.4 Å². The van der Waals surface area contributed by atoms with E-state index in [9.17, 15) is 26.4 Å². The molecule has 0 aliphatic carbocycles. The quantitative estimate of drug-likeness (QED) is 0.493. The van der Waals surface area contributed by atoms with Gasteiger partial charge in [0.1, 0.15) is 5.78 Å². The van der Waals surface area contributed by atoms with E-state index in [0.717, 1.165) is 10.6 Å². The molecule has 0 heterocycles. The maximum absolute atomic E-state index is 12.7. The van der Waals surface area contributed by atoms with Gasteiger partial charge in [0.05, 0.1) is 28.2 Å². The lowest BCUT2D eigenvalue weighted by molar-refractivity contribution is -0.118.